The molecule has 0 unspecified atom stereocenters. The summed E-state index contributed by atoms with van der Waals surface area (Å²) in [5, 5.41) is 18.3. The Bertz CT molecular complexity index is 1380. The third-order valence-electron chi connectivity index (χ3n) is 4.82. The highest BCUT2D eigenvalue weighted by Crippen LogP contribution is 2.39. The van der Waals surface area contributed by atoms with Gasteiger partial charge in [0.2, 0.25) is 0 Å². The second kappa shape index (κ2) is 6.68. The summed E-state index contributed by atoms with van der Waals surface area (Å²) in [4.78, 5) is 15.8. The van der Waals surface area contributed by atoms with Gasteiger partial charge in [-0.25, -0.2) is 4.68 Å². The number of hydrogen-bond acceptors (Lipinski definition) is 4. The number of pyridine rings is 1. The molecule has 2 aromatic heterocycles. The molecular weight excluding hydrogens is 388 g/mol. The van der Waals surface area contributed by atoms with Crippen molar-refractivity contribution < 1.29 is 4.92 Å². The van der Waals surface area contributed by atoms with Gasteiger partial charge in [-0.1, -0.05) is 48.0 Å². The van der Waals surface area contributed by atoms with E-state index >= 15 is 0 Å². The van der Waals surface area contributed by atoms with Gasteiger partial charge in [0.25, 0.3) is 5.69 Å². The number of nitro benzene ring substituents is 1. The highest BCUT2D eigenvalue weighted by atomic mass is 35.5. The number of fused-ring (bicyclic) bond motifs is 3. The fraction of sp³-hybridized carbons (Fsp3) is 0. The van der Waals surface area contributed by atoms with Gasteiger partial charge in [0.15, 0.2) is 0 Å². The van der Waals surface area contributed by atoms with Crippen molar-refractivity contribution in [1.29, 1.82) is 0 Å². The van der Waals surface area contributed by atoms with E-state index in [1.165, 1.54) is 6.07 Å². The first-order valence-electron chi connectivity index (χ1n) is 8.90. The minimum absolute atomic E-state index is 0.00317. The van der Waals surface area contributed by atoms with E-state index in [0.29, 0.717) is 26.8 Å². The van der Waals surface area contributed by atoms with Crippen molar-refractivity contribution in [3.05, 3.63) is 94.1 Å². The van der Waals surface area contributed by atoms with Crippen LogP contribution in [-0.2, 0) is 0 Å². The van der Waals surface area contributed by atoms with Crippen LogP contribution in [0.4, 0.5) is 5.69 Å². The largest absolute Gasteiger partial charge is 0.279 e. The number of non-ortho nitro benzene ring substituents is 1. The SMILES string of the molecule is O=[N+]([O-])c1cccc2ncc3nn(-c4ccccc4)c(-c4ccc(Cl)cc4)c3c12. The first kappa shape index (κ1) is 17.3. The molecule has 5 aromatic rings. The van der Waals surface area contributed by atoms with Gasteiger partial charge in [-0.05, 0) is 30.3 Å². The maximum atomic E-state index is 11.8. The number of halogens is 1. The van der Waals surface area contributed by atoms with Crippen LogP contribution in [-0.4, -0.2) is 19.7 Å². The summed E-state index contributed by atoms with van der Waals surface area (Å²) >= 11 is 6.09. The summed E-state index contributed by atoms with van der Waals surface area (Å²) in [5.74, 6) is 0. The average Bonchev–Trinajstić information content (AvgIpc) is 3.14. The number of hydrogen-bond donors (Lipinski definition) is 0. The van der Waals surface area contributed by atoms with E-state index in [0.717, 1.165) is 16.9 Å². The van der Waals surface area contributed by atoms with E-state index < -0.39 is 0 Å². The molecule has 5 rings (SSSR count). The Hall–Kier alpha value is -3.77. The number of nitrogens with zero attached hydrogens (tertiary/aromatic N) is 4. The smallest absolute Gasteiger partial charge is 0.258 e. The predicted octanol–water partition coefficient (Wildman–Crippen LogP) is 5.80. The molecule has 29 heavy (non-hydrogen) atoms. The molecule has 0 aliphatic heterocycles. The molecule has 0 amide bonds. The lowest BCUT2D eigenvalue weighted by Gasteiger charge is -2.09. The van der Waals surface area contributed by atoms with Crippen molar-refractivity contribution in [3.8, 4) is 16.9 Å². The highest BCUT2D eigenvalue weighted by molar-refractivity contribution is 6.30. The summed E-state index contributed by atoms with van der Waals surface area (Å²) in [6.45, 7) is 0. The van der Waals surface area contributed by atoms with E-state index in [-0.39, 0.29) is 10.6 Å². The van der Waals surface area contributed by atoms with Crippen LogP contribution >= 0.6 is 11.6 Å². The minimum atomic E-state index is -0.380. The highest BCUT2D eigenvalue weighted by Gasteiger charge is 2.23. The van der Waals surface area contributed by atoms with Crippen LogP contribution in [0.1, 0.15) is 0 Å². The van der Waals surface area contributed by atoms with Crippen molar-refractivity contribution >= 4 is 39.1 Å². The van der Waals surface area contributed by atoms with Gasteiger partial charge in [-0.2, -0.15) is 5.10 Å². The third kappa shape index (κ3) is 2.81. The van der Waals surface area contributed by atoms with Crippen LogP contribution in [0.25, 0.3) is 38.8 Å². The summed E-state index contributed by atoms with van der Waals surface area (Å²) < 4.78 is 1.80. The van der Waals surface area contributed by atoms with Gasteiger partial charge in [0, 0.05) is 22.0 Å². The molecule has 0 spiro atoms. The third-order valence-corrected chi connectivity index (χ3v) is 5.08. The van der Waals surface area contributed by atoms with Crippen molar-refractivity contribution in [1.82, 2.24) is 14.8 Å². The molecule has 7 heteroatoms. The van der Waals surface area contributed by atoms with Crippen LogP contribution in [0.2, 0.25) is 5.02 Å². The van der Waals surface area contributed by atoms with Crippen LogP contribution in [0.15, 0.2) is 79.0 Å². The Kier molecular flexibility index (Phi) is 4.00. The quantitative estimate of drug-likeness (QED) is 0.283. The summed E-state index contributed by atoms with van der Waals surface area (Å²) in [5.41, 5.74) is 3.59. The topological polar surface area (TPSA) is 73.8 Å². The number of aromatic nitrogens is 3. The Balaban J connectivity index is 1.99. The molecule has 0 bridgehead atoms. The zero-order chi connectivity index (χ0) is 20.0. The van der Waals surface area contributed by atoms with Crippen LogP contribution in [0.5, 0.6) is 0 Å². The van der Waals surface area contributed by atoms with Crippen LogP contribution < -0.4 is 0 Å². The maximum Gasteiger partial charge on any atom is 0.279 e. The molecular formula is C22H13ClN4O2. The Morgan fingerprint density at radius 3 is 2.34 bits per heavy atom. The number of nitro groups is 1. The van der Waals surface area contributed by atoms with E-state index in [4.69, 9.17) is 16.7 Å². The Labute approximate surface area is 170 Å². The fourth-order valence-electron chi connectivity index (χ4n) is 3.58. The maximum absolute atomic E-state index is 11.8. The number of benzene rings is 3. The molecule has 0 radical (unpaired) electrons. The van der Waals surface area contributed by atoms with Gasteiger partial charge in [0.1, 0.15) is 5.52 Å². The molecule has 0 atom stereocenters. The summed E-state index contributed by atoms with van der Waals surface area (Å²) in [6, 6.07) is 21.9. The van der Waals surface area contributed by atoms with E-state index in [9.17, 15) is 10.1 Å². The minimum Gasteiger partial charge on any atom is -0.258 e. The zero-order valence-electron chi connectivity index (χ0n) is 15.0. The van der Waals surface area contributed by atoms with Gasteiger partial charge >= 0.3 is 0 Å². The van der Waals surface area contributed by atoms with Crippen LogP contribution in [0.3, 0.4) is 0 Å². The average molecular weight is 401 g/mol. The normalized spacial score (nSPS) is 11.2. The molecule has 2 heterocycles. The standard InChI is InChI=1S/C22H13ClN4O2/c23-15-11-9-14(10-12-15)22-21-18(25-26(22)16-5-2-1-3-6-16)13-24-17-7-4-8-19(20(17)21)27(28)29/h1-13H. The van der Waals surface area contributed by atoms with Crippen molar-refractivity contribution in [3.63, 3.8) is 0 Å². The first-order chi connectivity index (χ1) is 14.1. The fourth-order valence-corrected chi connectivity index (χ4v) is 3.70. The molecule has 0 fully saturated rings. The molecule has 6 nitrogen and oxygen atoms in total. The molecule has 140 valence electrons. The van der Waals surface area contributed by atoms with Crippen LogP contribution in [0, 0.1) is 10.1 Å². The summed E-state index contributed by atoms with van der Waals surface area (Å²) in [6.07, 6.45) is 1.65. The second-order valence-corrected chi connectivity index (χ2v) is 6.99. The lowest BCUT2D eigenvalue weighted by molar-refractivity contribution is -0.383. The van der Waals surface area contributed by atoms with Gasteiger partial charge in [0.05, 0.1) is 33.4 Å². The van der Waals surface area contributed by atoms with Gasteiger partial charge in [-0.15, -0.1) is 0 Å². The molecule has 0 N–H and O–H groups in total. The zero-order valence-corrected chi connectivity index (χ0v) is 15.7. The van der Waals surface area contributed by atoms with E-state index in [1.807, 2.05) is 42.5 Å². The number of rotatable bonds is 3. The Morgan fingerprint density at radius 1 is 0.862 bits per heavy atom. The van der Waals surface area contributed by atoms with Crippen molar-refractivity contribution in [2.75, 3.05) is 0 Å². The molecule has 0 saturated heterocycles. The summed E-state index contributed by atoms with van der Waals surface area (Å²) in [7, 11) is 0. The lowest BCUT2D eigenvalue weighted by atomic mass is 10.0. The Morgan fingerprint density at radius 2 is 1.62 bits per heavy atom. The van der Waals surface area contributed by atoms with Gasteiger partial charge in [-0.3, -0.25) is 15.1 Å². The van der Waals surface area contributed by atoms with Crippen molar-refractivity contribution in [2.24, 2.45) is 0 Å². The van der Waals surface area contributed by atoms with E-state index in [2.05, 4.69) is 4.98 Å². The monoisotopic (exact) mass is 400 g/mol. The second-order valence-electron chi connectivity index (χ2n) is 6.55. The van der Waals surface area contributed by atoms with Gasteiger partial charge < -0.3 is 0 Å². The first-order valence-corrected chi connectivity index (χ1v) is 9.27. The van der Waals surface area contributed by atoms with E-state index in [1.54, 1.807) is 35.1 Å². The number of para-hydroxylation sites is 1. The van der Waals surface area contributed by atoms with Crippen molar-refractivity contribution in [2.45, 2.75) is 0 Å². The molecule has 0 saturated carbocycles. The molecule has 3 aromatic carbocycles. The molecule has 0 aliphatic carbocycles. The predicted molar refractivity (Wildman–Crippen MR) is 113 cm³/mol. The lowest BCUT2D eigenvalue weighted by Crippen LogP contribution is -1.98. The molecule has 0 aliphatic rings.